The average Bonchev–Trinajstić information content (AvgIpc) is 3.32. The van der Waals surface area contributed by atoms with E-state index in [2.05, 4.69) is 46.9 Å². The van der Waals surface area contributed by atoms with Gasteiger partial charge in [0.05, 0.1) is 22.1 Å². The van der Waals surface area contributed by atoms with Gasteiger partial charge in [-0.05, 0) is 49.1 Å². The molecule has 27 heavy (non-hydrogen) atoms. The van der Waals surface area contributed by atoms with E-state index in [4.69, 9.17) is 11.6 Å². The van der Waals surface area contributed by atoms with Crippen LogP contribution in [-0.2, 0) is 5.60 Å². The Bertz CT molecular complexity index is 1060. The number of halogens is 1. The fourth-order valence-electron chi connectivity index (χ4n) is 2.94. The van der Waals surface area contributed by atoms with Crippen molar-refractivity contribution in [2.24, 2.45) is 0 Å². The molecule has 0 aliphatic rings. The number of para-hydroxylation sites is 1. The molecule has 0 bridgehead atoms. The maximum absolute atomic E-state index is 10.5. The topological polar surface area (TPSA) is 38.0 Å². The van der Waals surface area contributed by atoms with Crippen LogP contribution in [0.5, 0.6) is 0 Å². The zero-order valence-electron chi connectivity index (χ0n) is 15.1. The van der Waals surface area contributed by atoms with Crippen LogP contribution in [0.25, 0.3) is 27.4 Å². The summed E-state index contributed by atoms with van der Waals surface area (Å²) in [5.41, 5.74) is 3.42. The van der Waals surface area contributed by atoms with Gasteiger partial charge < -0.3 is 5.11 Å². The van der Waals surface area contributed by atoms with Gasteiger partial charge in [-0.15, -0.1) is 11.3 Å². The highest BCUT2D eigenvalue weighted by Gasteiger charge is 2.23. The first-order valence-electron chi connectivity index (χ1n) is 8.65. The predicted molar refractivity (Wildman–Crippen MR) is 113 cm³/mol. The first-order valence-corrected chi connectivity index (χ1v) is 9.91. The van der Waals surface area contributed by atoms with E-state index in [1.54, 1.807) is 29.9 Å². The highest BCUT2D eigenvalue weighted by atomic mass is 35.5. The van der Waals surface area contributed by atoms with Crippen LogP contribution in [0.2, 0.25) is 5.02 Å². The van der Waals surface area contributed by atoms with Gasteiger partial charge in [-0.2, -0.15) is 5.10 Å². The highest BCUT2D eigenvalue weighted by Crippen LogP contribution is 2.33. The predicted octanol–water partition coefficient (Wildman–Crippen LogP) is 6.15. The number of aromatic nitrogens is 2. The second-order valence-electron chi connectivity index (χ2n) is 6.89. The molecule has 4 rings (SSSR count). The Kier molecular flexibility index (Phi) is 4.64. The van der Waals surface area contributed by atoms with Crippen LogP contribution in [0, 0.1) is 0 Å². The first kappa shape index (κ1) is 18.0. The quantitative estimate of drug-likeness (QED) is 0.450. The number of rotatable bonds is 4. The molecule has 0 saturated carbocycles. The first-order chi connectivity index (χ1) is 12.9. The van der Waals surface area contributed by atoms with Crippen molar-refractivity contribution >= 4 is 22.9 Å². The molecule has 0 unspecified atom stereocenters. The Morgan fingerprint density at radius 2 is 1.67 bits per heavy atom. The van der Waals surface area contributed by atoms with Crippen molar-refractivity contribution in [1.29, 1.82) is 0 Å². The lowest BCUT2D eigenvalue weighted by Gasteiger charge is -2.13. The van der Waals surface area contributed by atoms with Crippen LogP contribution < -0.4 is 0 Å². The molecule has 0 fully saturated rings. The van der Waals surface area contributed by atoms with Crippen molar-refractivity contribution in [2.45, 2.75) is 19.4 Å². The molecule has 0 radical (unpaired) electrons. The summed E-state index contributed by atoms with van der Waals surface area (Å²) in [4.78, 5) is 1.23. The lowest BCUT2D eigenvalue weighted by molar-refractivity contribution is 0.0734. The average molecular weight is 395 g/mol. The Morgan fingerprint density at radius 1 is 0.963 bits per heavy atom. The van der Waals surface area contributed by atoms with Crippen LogP contribution in [-0.4, -0.2) is 14.9 Å². The Balaban J connectivity index is 1.84. The van der Waals surface area contributed by atoms with E-state index in [1.165, 1.54) is 10.4 Å². The molecule has 0 aliphatic heterocycles. The fraction of sp³-hybridized carbons (Fsp3) is 0.136. The summed E-state index contributed by atoms with van der Waals surface area (Å²) in [5, 5.41) is 17.8. The van der Waals surface area contributed by atoms with Crippen molar-refractivity contribution in [3.63, 3.8) is 0 Å². The lowest BCUT2D eigenvalue weighted by Crippen LogP contribution is -2.16. The van der Waals surface area contributed by atoms with E-state index in [0.29, 0.717) is 10.7 Å². The van der Waals surface area contributed by atoms with Gasteiger partial charge in [0.2, 0.25) is 0 Å². The summed E-state index contributed by atoms with van der Waals surface area (Å²) in [6.45, 7) is 3.46. The molecular formula is C22H19ClN2OS. The van der Waals surface area contributed by atoms with Gasteiger partial charge in [-0.1, -0.05) is 54.1 Å². The van der Waals surface area contributed by atoms with Gasteiger partial charge >= 0.3 is 0 Å². The smallest absolute Gasteiger partial charge is 0.103 e. The van der Waals surface area contributed by atoms with Crippen LogP contribution in [0.15, 0.2) is 72.1 Å². The molecule has 0 spiro atoms. The maximum atomic E-state index is 10.5. The van der Waals surface area contributed by atoms with E-state index < -0.39 is 5.60 Å². The van der Waals surface area contributed by atoms with Crippen LogP contribution >= 0.6 is 22.9 Å². The summed E-state index contributed by atoms with van der Waals surface area (Å²) < 4.78 is 1.80. The third kappa shape index (κ3) is 3.56. The minimum Gasteiger partial charge on any atom is -0.384 e. The fourth-order valence-corrected chi connectivity index (χ4v) is 3.89. The molecule has 5 heteroatoms. The van der Waals surface area contributed by atoms with Crippen molar-refractivity contribution < 1.29 is 5.11 Å². The molecule has 2 aromatic heterocycles. The molecule has 136 valence electrons. The largest absolute Gasteiger partial charge is 0.384 e. The number of benzene rings is 2. The normalized spacial score (nSPS) is 11.7. The minimum atomic E-state index is -1.04. The van der Waals surface area contributed by atoms with Gasteiger partial charge in [0, 0.05) is 10.4 Å². The molecule has 0 saturated heterocycles. The molecule has 0 aliphatic carbocycles. The van der Waals surface area contributed by atoms with E-state index in [-0.39, 0.29) is 0 Å². The van der Waals surface area contributed by atoms with Crippen LogP contribution in [0.3, 0.4) is 0 Å². The van der Waals surface area contributed by atoms with E-state index >= 15 is 0 Å². The van der Waals surface area contributed by atoms with Gasteiger partial charge in [-0.25, -0.2) is 4.68 Å². The van der Waals surface area contributed by atoms with Crippen molar-refractivity contribution in [3.05, 3.63) is 82.8 Å². The highest BCUT2D eigenvalue weighted by molar-refractivity contribution is 7.13. The van der Waals surface area contributed by atoms with Crippen LogP contribution in [0.4, 0.5) is 0 Å². The summed E-state index contributed by atoms with van der Waals surface area (Å²) in [7, 11) is 0. The van der Waals surface area contributed by atoms with E-state index in [0.717, 1.165) is 16.9 Å². The van der Waals surface area contributed by atoms with Gasteiger partial charge in [0.1, 0.15) is 5.60 Å². The molecule has 3 nitrogen and oxygen atoms in total. The number of nitrogens with zero attached hydrogens (tertiary/aromatic N) is 2. The van der Waals surface area contributed by atoms with Crippen molar-refractivity contribution in [1.82, 2.24) is 9.78 Å². The van der Waals surface area contributed by atoms with E-state index in [1.807, 2.05) is 30.3 Å². The van der Waals surface area contributed by atoms with Gasteiger partial charge in [-0.3, -0.25) is 0 Å². The molecule has 0 amide bonds. The molecule has 4 aromatic rings. The minimum absolute atomic E-state index is 0.597. The lowest BCUT2D eigenvalue weighted by atomic mass is 10.0. The van der Waals surface area contributed by atoms with Crippen molar-refractivity contribution in [2.75, 3.05) is 0 Å². The molecule has 0 atom stereocenters. The third-order valence-electron chi connectivity index (χ3n) is 4.40. The zero-order chi connectivity index (χ0) is 19.0. The summed E-state index contributed by atoms with van der Waals surface area (Å²) in [5.74, 6) is 0. The second-order valence-corrected chi connectivity index (χ2v) is 8.25. The Morgan fingerprint density at radius 3 is 2.30 bits per heavy atom. The summed E-state index contributed by atoms with van der Waals surface area (Å²) in [6, 6.07) is 22.0. The number of hydrogen-bond acceptors (Lipinski definition) is 3. The SMILES string of the molecule is CC(C)(O)c1cc(-c2ccc(-c3cccs3)cc2)n(-c2ccccc2Cl)n1. The number of thiophene rings is 1. The van der Waals surface area contributed by atoms with Crippen LogP contribution in [0.1, 0.15) is 19.5 Å². The summed E-state index contributed by atoms with van der Waals surface area (Å²) in [6.07, 6.45) is 0. The number of hydrogen-bond donors (Lipinski definition) is 1. The van der Waals surface area contributed by atoms with Crippen molar-refractivity contribution in [3.8, 4) is 27.4 Å². The van der Waals surface area contributed by atoms with Gasteiger partial charge in [0.25, 0.3) is 0 Å². The number of aliphatic hydroxyl groups is 1. The Hall–Kier alpha value is -2.40. The molecule has 1 N–H and O–H groups in total. The molecule has 2 aromatic carbocycles. The van der Waals surface area contributed by atoms with E-state index in [9.17, 15) is 5.11 Å². The summed E-state index contributed by atoms with van der Waals surface area (Å²) >= 11 is 8.13. The standard InChI is InChI=1S/C22H19ClN2OS/c1-22(2,26)21-14-19(25(24-21)18-7-4-3-6-17(18)23)15-9-11-16(12-10-15)20-8-5-13-27-20/h3-14,26H,1-2H3. The van der Waals surface area contributed by atoms with Gasteiger partial charge in [0.15, 0.2) is 0 Å². The Labute approximate surface area is 167 Å². The second kappa shape index (κ2) is 6.97. The third-order valence-corrected chi connectivity index (χ3v) is 5.64. The zero-order valence-corrected chi connectivity index (χ0v) is 16.6. The molecular weight excluding hydrogens is 376 g/mol. The molecule has 2 heterocycles. The monoisotopic (exact) mass is 394 g/mol. The maximum Gasteiger partial charge on any atom is 0.103 e.